The average molecular weight is 346 g/mol. The first kappa shape index (κ1) is 17.6. The number of hydrogen-bond acceptors (Lipinski definition) is 5. The molecule has 1 aliphatic rings. The van der Waals surface area contributed by atoms with Crippen LogP contribution in [-0.2, 0) is 20.5 Å². The van der Waals surface area contributed by atoms with E-state index in [1.807, 2.05) is 0 Å². The molecule has 0 bridgehead atoms. The summed E-state index contributed by atoms with van der Waals surface area (Å²) in [5.74, 6) is -1.80. The summed E-state index contributed by atoms with van der Waals surface area (Å²) in [7, 11) is 0. The van der Waals surface area contributed by atoms with Gasteiger partial charge < -0.3 is 14.8 Å². The van der Waals surface area contributed by atoms with Crippen LogP contribution in [0.15, 0.2) is 24.3 Å². The number of amides is 3. The van der Waals surface area contributed by atoms with Gasteiger partial charge in [0.05, 0.1) is 5.56 Å². The van der Waals surface area contributed by atoms with E-state index in [1.165, 1.54) is 6.07 Å². The van der Waals surface area contributed by atoms with Gasteiger partial charge in [0.15, 0.2) is 13.2 Å². The molecule has 1 saturated heterocycles. The number of nitrogens with one attached hydrogen (secondary N) is 1. The van der Waals surface area contributed by atoms with Crippen molar-refractivity contribution in [1.29, 1.82) is 0 Å². The molecule has 0 saturated carbocycles. The van der Waals surface area contributed by atoms with Crippen molar-refractivity contribution in [2.45, 2.75) is 6.18 Å². The van der Waals surface area contributed by atoms with Crippen LogP contribution in [0, 0.1) is 0 Å². The zero-order chi connectivity index (χ0) is 17.7. The Balaban J connectivity index is 1.79. The summed E-state index contributed by atoms with van der Waals surface area (Å²) in [6.45, 7) is -0.827. The third kappa shape index (κ3) is 4.61. The Kier molecular flexibility index (Phi) is 5.27. The van der Waals surface area contributed by atoms with Gasteiger partial charge in [-0.3, -0.25) is 9.69 Å². The van der Waals surface area contributed by atoms with Gasteiger partial charge in [0.2, 0.25) is 0 Å². The molecule has 24 heavy (non-hydrogen) atoms. The van der Waals surface area contributed by atoms with Gasteiger partial charge in [0, 0.05) is 13.1 Å². The molecule has 0 radical (unpaired) electrons. The average Bonchev–Trinajstić information content (AvgIpc) is 2.96. The molecule has 0 aromatic heterocycles. The zero-order valence-corrected chi connectivity index (χ0v) is 12.3. The Labute approximate surface area is 134 Å². The molecule has 1 fully saturated rings. The van der Waals surface area contributed by atoms with Gasteiger partial charge in [-0.15, -0.1) is 0 Å². The van der Waals surface area contributed by atoms with E-state index in [9.17, 15) is 27.6 Å². The smallest absolute Gasteiger partial charge is 0.416 e. The second-order valence-corrected chi connectivity index (χ2v) is 4.75. The predicted octanol–water partition coefficient (Wildman–Crippen LogP) is 1.18. The summed E-state index contributed by atoms with van der Waals surface area (Å²) in [6.07, 6.45) is -4.53. The number of benzene rings is 1. The second-order valence-electron chi connectivity index (χ2n) is 4.75. The number of imide groups is 1. The first-order chi connectivity index (χ1) is 11.3. The Hall–Kier alpha value is -2.78. The Morgan fingerprint density at radius 3 is 2.62 bits per heavy atom. The van der Waals surface area contributed by atoms with E-state index >= 15 is 0 Å². The molecule has 1 heterocycles. The number of carbonyl (C=O) groups excluding carboxylic acids is 3. The summed E-state index contributed by atoms with van der Waals surface area (Å²) < 4.78 is 47.1. The van der Waals surface area contributed by atoms with Crippen LogP contribution in [0.25, 0.3) is 0 Å². The number of esters is 1. The van der Waals surface area contributed by atoms with Gasteiger partial charge in [-0.1, -0.05) is 6.07 Å². The van der Waals surface area contributed by atoms with E-state index in [0.29, 0.717) is 6.54 Å². The normalized spacial score (nSPS) is 14.3. The summed E-state index contributed by atoms with van der Waals surface area (Å²) in [4.78, 5) is 35.2. The number of halogens is 3. The lowest BCUT2D eigenvalue weighted by molar-refractivity contribution is -0.152. The summed E-state index contributed by atoms with van der Waals surface area (Å²) in [6, 6.07) is 3.43. The second kappa shape index (κ2) is 7.20. The van der Waals surface area contributed by atoms with Crippen LogP contribution in [0.1, 0.15) is 5.56 Å². The van der Waals surface area contributed by atoms with Gasteiger partial charge in [-0.2, -0.15) is 13.2 Å². The van der Waals surface area contributed by atoms with Gasteiger partial charge >= 0.3 is 18.2 Å². The van der Waals surface area contributed by atoms with E-state index in [2.05, 4.69) is 10.1 Å². The van der Waals surface area contributed by atoms with Crippen molar-refractivity contribution in [3.05, 3.63) is 29.8 Å². The highest BCUT2D eigenvalue weighted by atomic mass is 19.4. The van der Waals surface area contributed by atoms with Crippen LogP contribution in [0.3, 0.4) is 0 Å². The highest BCUT2D eigenvalue weighted by molar-refractivity contribution is 5.96. The van der Waals surface area contributed by atoms with Crippen molar-refractivity contribution in [3.63, 3.8) is 0 Å². The zero-order valence-electron chi connectivity index (χ0n) is 12.3. The maximum absolute atomic E-state index is 12.5. The Bertz CT molecular complexity index is 648. The van der Waals surface area contributed by atoms with Gasteiger partial charge in [0.1, 0.15) is 5.75 Å². The molecule has 0 atom stereocenters. The fraction of sp³-hybridized carbons (Fsp3) is 0.357. The van der Waals surface area contributed by atoms with E-state index in [1.54, 1.807) is 0 Å². The number of rotatable bonds is 5. The van der Waals surface area contributed by atoms with Gasteiger partial charge in [-0.25, -0.2) is 9.59 Å². The number of hydrogen-bond donors (Lipinski definition) is 1. The van der Waals surface area contributed by atoms with Crippen LogP contribution in [0.5, 0.6) is 5.75 Å². The van der Waals surface area contributed by atoms with Gasteiger partial charge in [-0.05, 0) is 18.2 Å². The quantitative estimate of drug-likeness (QED) is 0.810. The highest BCUT2D eigenvalue weighted by Gasteiger charge is 2.30. The van der Waals surface area contributed by atoms with E-state index in [4.69, 9.17) is 4.74 Å². The molecule has 10 heteroatoms. The molecule has 0 unspecified atom stereocenters. The molecule has 7 nitrogen and oxygen atoms in total. The highest BCUT2D eigenvalue weighted by Crippen LogP contribution is 2.31. The molecule has 1 N–H and O–H groups in total. The SMILES string of the molecule is O=C(COc1cccc(C(F)(F)F)c1)OCC(=O)N1CCNC1=O. The van der Waals surface area contributed by atoms with E-state index < -0.39 is 42.9 Å². The van der Waals surface area contributed by atoms with Crippen LogP contribution in [-0.4, -0.2) is 49.1 Å². The topological polar surface area (TPSA) is 84.9 Å². The molecule has 130 valence electrons. The van der Waals surface area contributed by atoms with Crippen molar-refractivity contribution >= 4 is 17.9 Å². The van der Waals surface area contributed by atoms with Crippen molar-refractivity contribution in [3.8, 4) is 5.75 Å². The number of carbonyl (C=O) groups is 3. The Morgan fingerprint density at radius 1 is 1.25 bits per heavy atom. The van der Waals surface area contributed by atoms with E-state index in [0.717, 1.165) is 23.1 Å². The summed E-state index contributed by atoms with van der Waals surface area (Å²) >= 11 is 0. The van der Waals surface area contributed by atoms with Crippen LogP contribution < -0.4 is 10.1 Å². The lowest BCUT2D eigenvalue weighted by Gasteiger charge is -2.12. The van der Waals surface area contributed by atoms with Crippen LogP contribution in [0.4, 0.5) is 18.0 Å². The predicted molar refractivity (Wildman–Crippen MR) is 73.0 cm³/mol. The number of ether oxygens (including phenoxy) is 2. The van der Waals surface area contributed by atoms with Crippen LogP contribution in [0.2, 0.25) is 0 Å². The van der Waals surface area contributed by atoms with Crippen molar-refractivity contribution in [2.24, 2.45) is 0 Å². The maximum Gasteiger partial charge on any atom is 0.416 e. The number of urea groups is 1. The van der Waals surface area contributed by atoms with Crippen molar-refractivity contribution in [1.82, 2.24) is 10.2 Å². The number of alkyl halides is 3. The summed E-state index contributed by atoms with van der Waals surface area (Å²) in [5.41, 5.74) is -0.913. The van der Waals surface area contributed by atoms with E-state index in [-0.39, 0.29) is 12.3 Å². The molecule has 0 aliphatic carbocycles. The van der Waals surface area contributed by atoms with Crippen molar-refractivity contribution in [2.75, 3.05) is 26.3 Å². The summed E-state index contributed by atoms with van der Waals surface area (Å²) in [5, 5.41) is 2.41. The maximum atomic E-state index is 12.5. The molecule has 1 aromatic carbocycles. The minimum atomic E-state index is -4.53. The molecular weight excluding hydrogens is 333 g/mol. The van der Waals surface area contributed by atoms with Gasteiger partial charge in [0.25, 0.3) is 5.91 Å². The molecule has 0 spiro atoms. The first-order valence-corrected chi connectivity index (χ1v) is 6.81. The fourth-order valence-electron chi connectivity index (χ4n) is 1.88. The first-order valence-electron chi connectivity index (χ1n) is 6.81. The largest absolute Gasteiger partial charge is 0.482 e. The standard InChI is InChI=1S/C14H13F3N2O5/c15-14(16,17)9-2-1-3-10(6-9)23-8-12(21)24-7-11(20)19-5-4-18-13(19)22/h1-3,6H,4-5,7-8H2,(H,18,22). The van der Waals surface area contributed by atoms with Crippen molar-refractivity contribution < 1.29 is 37.0 Å². The molecule has 1 aliphatic heterocycles. The third-order valence-corrected chi connectivity index (χ3v) is 3.03. The molecule has 2 rings (SSSR count). The Morgan fingerprint density at radius 2 is 2.00 bits per heavy atom. The van der Waals surface area contributed by atoms with Crippen LogP contribution >= 0.6 is 0 Å². The monoisotopic (exact) mass is 346 g/mol. The molecule has 1 aromatic rings. The molecule has 3 amide bonds. The lowest BCUT2D eigenvalue weighted by atomic mass is 10.2. The lowest BCUT2D eigenvalue weighted by Crippen LogP contribution is -2.37. The third-order valence-electron chi connectivity index (χ3n) is 3.03. The number of nitrogens with zero attached hydrogens (tertiary/aromatic N) is 1. The minimum absolute atomic E-state index is 0.160. The fourth-order valence-corrected chi connectivity index (χ4v) is 1.88. The minimum Gasteiger partial charge on any atom is -0.482 e. The molecular formula is C14H13F3N2O5.